The van der Waals surface area contributed by atoms with Crippen LogP contribution in [0.1, 0.15) is 25.2 Å². The van der Waals surface area contributed by atoms with Crippen LogP contribution in [-0.2, 0) is 29.1 Å². The monoisotopic (exact) mass is 302 g/mol. The van der Waals surface area contributed by atoms with E-state index in [1.54, 1.807) is 18.5 Å². The number of carbonyl (C=O) groups excluding carboxylic acids is 2. The summed E-state index contributed by atoms with van der Waals surface area (Å²) in [5.41, 5.74) is 1.77. The molecular formula is C11H14N2O4Zn. The molecule has 0 aliphatic carbocycles. The summed E-state index contributed by atoms with van der Waals surface area (Å²) in [6.07, 6.45) is 5.02. The van der Waals surface area contributed by atoms with Crippen molar-refractivity contribution in [2.75, 3.05) is 0 Å². The molecule has 0 saturated heterocycles. The van der Waals surface area contributed by atoms with E-state index in [9.17, 15) is 0 Å². The summed E-state index contributed by atoms with van der Waals surface area (Å²) >= 11 is 0. The first-order valence-corrected chi connectivity index (χ1v) is 4.48. The molecule has 1 rings (SSSR count). The Morgan fingerprint density at radius 1 is 1.22 bits per heavy atom. The van der Waals surface area contributed by atoms with Crippen molar-refractivity contribution < 1.29 is 39.3 Å². The Hall–Kier alpha value is -1.75. The van der Waals surface area contributed by atoms with Crippen LogP contribution in [0.3, 0.4) is 0 Å². The standard InChI is InChI=1S/C7H8N2.2C2H4O2.Zn/c1-3-6-7(4-2)9-5-8-6;2*1-2(3)4;/h3-5H,1-2H2,(H,8,9);2*1H3,(H,3,4);/q;;;+2/p-2. The molecule has 0 amide bonds. The normalized spacial score (nSPS) is 7.22. The molecule has 7 heteroatoms. The van der Waals surface area contributed by atoms with E-state index in [0.717, 1.165) is 25.2 Å². The van der Waals surface area contributed by atoms with Gasteiger partial charge in [-0.15, -0.1) is 0 Å². The minimum atomic E-state index is -1.08. The van der Waals surface area contributed by atoms with Crippen LogP contribution >= 0.6 is 0 Å². The van der Waals surface area contributed by atoms with Crippen molar-refractivity contribution in [2.45, 2.75) is 13.8 Å². The van der Waals surface area contributed by atoms with Gasteiger partial charge in [0.05, 0.1) is 17.7 Å². The Balaban J connectivity index is -0.000000214. The number of carboxylic acid groups (broad SMARTS) is 2. The van der Waals surface area contributed by atoms with Crippen molar-refractivity contribution in [3.63, 3.8) is 0 Å². The first-order valence-electron chi connectivity index (χ1n) is 4.48. The van der Waals surface area contributed by atoms with Gasteiger partial charge in [-0.2, -0.15) is 0 Å². The Kier molecular flexibility index (Phi) is 15.9. The molecule has 1 aromatic rings. The molecule has 0 aliphatic rings. The molecule has 0 radical (unpaired) electrons. The number of carboxylic acids is 2. The predicted octanol–water partition coefficient (Wildman–Crippen LogP) is -0.794. The molecule has 18 heavy (non-hydrogen) atoms. The van der Waals surface area contributed by atoms with E-state index in [0.29, 0.717) is 0 Å². The quantitative estimate of drug-likeness (QED) is 0.720. The van der Waals surface area contributed by atoms with Crippen molar-refractivity contribution in [3.8, 4) is 0 Å². The summed E-state index contributed by atoms with van der Waals surface area (Å²) < 4.78 is 0. The van der Waals surface area contributed by atoms with Gasteiger partial charge in [-0.1, -0.05) is 13.2 Å². The SMILES string of the molecule is C=Cc1nc[nH]c1C=C.CC(=O)[O-].CC(=O)[O-].[Zn+2]. The van der Waals surface area contributed by atoms with E-state index in [1.165, 1.54) is 0 Å². The van der Waals surface area contributed by atoms with Crippen LogP contribution in [0, 0.1) is 0 Å². The molecule has 94 valence electrons. The third kappa shape index (κ3) is 16.7. The molecule has 1 N–H and O–H groups in total. The summed E-state index contributed by atoms with van der Waals surface area (Å²) in [4.78, 5) is 24.6. The van der Waals surface area contributed by atoms with Crippen molar-refractivity contribution >= 4 is 24.1 Å². The molecule has 0 aliphatic heterocycles. The van der Waals surface area contributed by atoms with E-state index in [2.05, 4.69) is 23.1 Å². The predicted molar refractivity (Wildman–Crippen MR) is 60.1 cm³/mol. The number of H-pyrrole nitrogens is 1. The number of imidazole rings is 1. The van der Waals surface area contributed by atoms with Crippen LogP contribution in [0.2, 0.25) is 0 Å². The number of hydrogen-bond donors (Lipinski definition) is 1. The van der Waals surface area contributed by atoms with Gasteiger partial charge in [0.1, 0.15) is 0 Å². The zero-order chi connectivity index (χ0) is 13.8. The number of aromatic amines is 1. The Morgan fingerprint density at radius 3 is 1.83 bits per heavy atom. The maximum Gasteiger partial charge on any atom is 2.00 e. The number of nitrogens with zero attached hydrogens (tertiary/aromatic N) is 1. The summed E-state index contributed by atoms with van der Waals surface area (Å²) in [7, 11) is 0. The van der Waals surface area contributed by atoms with Gasteiger partial charge in [-0.25, -0.2) is 4.98 Å². The number of carbonyl (C=O) groups is 2. The summed E-state index contributed by atoms with van der Waals surface area (Å²) in [6.45, 7) is 9.12. The molecule has 0 spiro atoms. The molecule has 0 bridgehead atoms. The fourth-order valence-corrected chi connectivity index (χ4v) is 0.641. The zero-order valence-electron chi connectivity index (χ0n) is 10.4. The van der Waals surface area contributed by atoms with Crippen LogP contribution in [0.25, 0.3) is 12.2 Å². The largest absolute Gasteiger partial charge is 2.00 e. The third-order valence-corrected chi connectivity index (χ3v) is 1.10. The second-order valence-electron chi connectivity index (χ2n) is 2.59. The second-order valence-corrected chi connectivity index (χ2v) is 2.59. The topological polar surface area (TPSA) is 109 Å². The smallest absolute Gasteiger partial charge is 0.550 e. The molecule has 6 nitrogen and oxygen atoms in total. The Morgan fingerprint density at radius 2 is 1.61 bits per heavy atom. The summed E-state index contributed by atoms with van der Waals surface area (Å²) in [5.74, 6) is -2.17. The molecule has 0 saturated carbocycles. The average Bonchev–Trinajstić information content (AvgIpc) is 2.62. The van der Waals surface area contributed by atoms with E-state index < -0.39 is 11.9 Å². The van der Waals surface area contributed by atoms with Gasteiger partial charge in [0.2, 0.25) is 0 Å². The first kappa shape index (κ1) is 21.5. The fraction of sp³-hybridized carbons (Fsp3) is 0.182. The van der Waals surface area contributed by atoms with Crippen molar-refractivity contribution in [1.29, 1.82) is 0 Å². The van der Waals surface area contributed by atoms with Crippen molar-refractivity contribution in [3.05, 3.63) is 30.9 Å². The van der Waals surface area contributed by atoms with Gasteiger partial charge in [-0.05, 0) is 26.0 Å². The molecule has 0 fully saturated rings. The number of rotatable bonds is 2. The number of aromatic nitrogens is 2. The van der Waals surface area contributed by atoms with Crippen LogP contribution in [0.5, 0.6) is 0 Å². The van der Waals surface area contributed by atoms with Gasteiger partial charge in [-0.3, -0.25) is 0 Å². The molecule has 1 aromatic heterocycles. The van der Waals surface area contributed by atoms with Crippen molar-refractivity contribution in [1.82, 2.24) is 9.97 Å². The van der Waals surface area contributed by atoms with Gasteiger partial charge in [0, 0.05) is 11.9 Å². The average molecular weight is 304 g/mol. The van der Waals surface area contributed by atoms with Crippen LogP contribution < -0.4 is 10.2 Å². The maximum atomic E-state index is 8.89. The fourth-order valence-electron chi connectivity index (χ4n) is 0.641. The first-order chi connectivity index (χ1) is 7.84. The van der Waals surface area contributed by atoms with Crippen LogP contribution in [0.15, 0.2) is 19.5 Å². The van der Waals surface area contributed by atoms with Crippen LogP contribution in [-0.4, -0.2) is 21.9 Å². The third-order valence-electron chi connectivity index (χ3n) is 1.10. The van der Waals surface area contributed by atoms with E-state index >= 15 is 0 Å². The van der Waals surface area contributed by atoms with Gasteiger partial charge in [0.25, 0.3) is 0 Å². The molecule has 1 heterocycles. The van der Waals surface area contributed by atoms with E-state index in [-0.39, 0.29) is 19.5 Å². The zero-order valence-corrected chi connectivity index (χ0v) is 13.4. The van der Waals surface area contributed by atoms with Crippen molar-refractivity contribution in [2.24, 2.45) is 0 Å². The van der Waals surface area contributed by atoms with E-state index in [1.807, 2.05) is 0 Å². The molecule has 0 aromatic carbocycles. The maximum absolute atomic E-state index is 8.89. The minimum absolute atomic E-state index is 0. The molecule has 0 unspecified atom stereocenters. The van der Waals surface area contributed by atoms with E-state index in [4.69, 9.17) is 19.8 Å². The van der Waals surface area contributed by atoms with Crippen LogP contribution in [0.4, 0.5) is 0 Å². The molecular weight excluding hydrogens is 290 g/mol. The molecule has 0 atom stereocenters. The second kappa shape index (κ2) is 13.3. The van der Waals surface area contributed by atoms with Gasteiger partial charge < -0.3 is 24.8 Å². The van der Waals surface area contributed by atoms with Gasteiger partial charge in [0.15, 0.2) is 0 Å². The number of nitrogens with one attached hydrogen (secondary N) is 1. The summed E-state index contributed by atoms with van der Waals surface area (Å²) in [5, 5.41) is 17.8. The Bertz CT molecular complexity index is 346. The van der Waals surface area contributed by atoms with Gasteiger partial charge >= 0.3 is 19.5 Å². The number of aliphatic carboxylic acids is 2. The number of hydrogen-bond acceptors (Lipinski definition) is 5. The minimum Gasteiger partial charge on any atom is -0.550 e. The summed E-state index contributed by atoms with van der Waals surface area (Å²) in [6, 6.07) is 0. The Labute approximate surface area is 118 Å².